The molecule has 1 aromatic carbocycles. The van der Waals surface area contributed by atoms with E-state index in [0.29, 0.717) is 12.6 Å². The van der Waals surface area contributed by atoms with E-state index in [1.165, 1.54) is 17.6 Å². The minimum absolute atomic E-state index is 0.392. The largest absolute Gasteiger partial charge is 0.304 e. The lowest BCUT2D eigenvalue weighted by Gasteiger charge is -2.22. The van der Waals surface area contributed by atoms with Crippen molar-refractivity contribution in [3.8, 4) is 0 Å². The normalized spacial score (nSPS) is 18.7. The molecule has 1 aliphatic carbocycles. The van der Waals surface area contributed by atoms with Crippen LogP contribution in [0.1, 0.15) is 31.7 Å². The van der Waals surface area contributed by atoms with Crippen LogP contribution in [0.3, 0.4) is 0 Å². The number of hydroxylamine groups is 1. The molecule has 1 unspecified atom stereocenters. The number of rotatable bonds is 6. The van der Waals surface area contributed by atoms with E-state index in [9.17, 15) is 0 Å². The Labute approximate surface area is 128 Å². The predicted molar refractivity (Wildman–Crippen MR) is 88.6 cm³/mol. The van der Waals surface area contributed by atoms with Gasteiger partial charge in [-0.05, 0) is 57.5 Å². The Bertz CT molecular complexity index is 491. The molecule has 0 saturated carbocycles. The Morgan fingerprint density at radius 3 is 2.76 bits per heavy atom. The first kappa shape index (κ1) is 15.8. The van der Waals surface area contributed by atoms with Crippen molar-refractivity contribution in [2.45, 2.75) is 32.2 Å². The molecule has 0 radical (unpaired) electrons. The average Bonchev–Trinajstić information content (AvgIpc) is 2.50. The zero-order valence-electron chi connectivity index (χ0n) is 13.3. The smallest absolute Gasteiger partial charge is 0.0898 e. The molecule has 0 aromatic heterocycles. The van der Waals surface area contributed by atoms with Crippen LogP contribution in [0.15, 0.2) is 47.7 Å². The lowest BCUT2D eigenvalue weighted by Crippen LogP contribution is -2.32. The topological polar surface area (TPSA) is 24.5 Å². The van der Waals surface area contributed by atoms with E-state index in [4.69, 9.17) is 4.84 Å². The third-order valence-corrected chi connectivity index (χ3v) is 3.87. The number of hydrogen-bond donors (Lipinski definition) is 1. The number of benzene rings is 1. The summed E-state index contributed by atoms with van der Waals surface area (Å²) in [5, 5.41) is 0. The Morgan fingerprint density at radius 1 is 1.29 bits per heavy atom. The maximum Gasteiger partial charge on any atom is 0.0898 e. The summed E-state index contributed by atoms with van der Waals surface area (Å²) >= 11 is 0. The van der Waals surface area contributed by atoms with Crippen LogP contribution < -0.4 is 5.48 Å². The second-order valence-electron chi connectivity index (χ2n) is 5.82. The number of nitrogens with one attached hydrogen (secondary N) is 1. The third kappa shape index (κ3) is 5.03. The van der Waals surface area contributed by atoms with E-state index in [0.717, 1.165) is 18.5 Å². The van der Waals surface area contributed by atoms with Gasteiger partial charge in [0.05, 0.1) is 12.3 Å². The van der Waals surface area contributed by atoms with Gasteiger partial charge in [0.1, 0.15) is 0 Å². The minimum atomic E-state index is 0.392. The Morgan fingerprint density at radius 2 is 2.05 bits per heavy atom. The first-order valence-electron chi connectivity index (χ1n) is 7.67. The maximum atomic E-state index is 5.66. The number of likely N-dealkylation sites (N-methyl/N-ethyl adjacent to an activating group) is 1. The van der Waals surface area contributed by atoms with Gasteiger partial charge in [-0.2, -0.15) is 0 Å². The summed E-state index contributed by atoms with van der Waals surface area (Å²) in [7, 11) is 4.13. The molecule has 114 valence electrons. The molecular weight excluding hydrogens is 260 g/mol. The molecule has 3 nitrogen and oxygen atoms in total. The molecule has 1 atom stereocenters. The van der Waals surface area contributed by atoms with Crippen LogP contribution in [0.5, 0.6) is 0 Å². The number of hydrogen-bond acceptors (Lipinski definition) is 3. The first-order chi connectivity index (χ1) is 10.2. The molecule has 0 saturated heterocycles. The van der Waals surface area contributed by atoms with Crippen molar-refractivity contribution in [2.75, 3.05) is 20.7 Å². The molecule has 3 heteroatoms. The van der Waals surface area contributed by atoms with Crippen LogP contribution in [-0.4, -0.2) is 31.6 Å². The van der Waals surface area contributed by atoms with Crippen LogP contribution >= 0.6 is 0 Å². The monoisotopic (exact) mass is 286 g/mol. The van der Waals surface area contributed by atoms with E-state index in [1.54, 1.807) is 0 Å². The molecule has 0 bridgehead atoms. The highest BCUT2D eigenvalue weighted by Crippen LogP contribution is 2.24. The van der Waals surface area contributed by atoms with Crippen molar-refractivity contribution in [3.63, 3.8) is 0 Å². The summed E-state index contributed by atoms with van der Waals surface area (Å²) in [5.41, 5.74) is 6.83. The van der Waals surface area contributed by atoms with Crippen molar-refractivity contribution >= 4 is 6.08 Å². The van der Waals surface area contributed by atoms with Crippen molar-refractivity contribution < 1.29 is 4.84 Å². The molecule has 0 fully saturated rings. The number of nitrogens with zero attached hydrogens (tertiary/aromatic N) is 1. The zero-order chi connectivity index (χ0) is 15.1. The summed E-state index contributed by atoms with van der Waals surface area (Å²) in [4.78, 5) is 7.81. The van der Waals surface area contributed by atoms with Crippen LogP contribution in [-0.2, 0) is 4.84 Å². The second kappa shape index (κ2) is 8.01. The summed E-state index contributed by atoms with van der Waals surface area (Å²) in [6, 6.07) is 10.8. The van der Waals surface area contributed by atoms with E-state index >= 15 is 0 Å². The van der Waals surface area contributed by atoms with Crippen LogP contribution in [0.4, 0.5) is 0 Å². The van der Waals surface area contributed by atoms with E-state index in [1.807, 2.05) is 6.07 Å². The molecule has 1 aliphatic rings. The van der Waals surface area contributed by atoms with Gasteiger partial charge in [-0.25, -0.2) is 0 Å². The predicted octanol–water partition coefficient (Wildman–Crippen LogP) is 3.61. The van der Waals surface area contributed by atoms with Crippen LogP contribution in [0.2, 0.25) is 0 Å². The molecule has 1 aromatic rings. The summed E-state index contributed by atoms with van der Waals surface area (Å²) in [5.74, 6) is 0. The Hall–Kier alpha value is -1.58. The van der Waals surface area contributed by atoms with Gasteiger partial charge in [-0.1, -0.05) is 36.4 Å². The molecule has 21 heavy (non-hydrogen) atoms. The molecule has 0 amide bonds. The van der Waals surface area contributed by atoms with E-state index in [2.05, 4.69) is 67.8 Å². The van der Waals surface area contributed by atoms with Crippen molar-refractivity contribution in [3.05, 3.63) is 53.2 Å². The van der Waals surface area contributed by atoms with E-state index in [-0.39, 0.29) is 0 Å². The highest BCUT2D eigenvalue weighted by Gasteiger charge is 2.11. The molecule has 2 rings (SSSR count). The zero-order valence-corrected chi connectivity index (χ0v) is 13.3. The van der Waals surface area contributed by atoms with Gasteiger partial charge in [0, 0.05) is 6.04 Å². The molecular formula is C18H26N2O. The fourth-order valence-corrected chi connectivity index (χ4v) is 2.20. The standard InChI is InChI=1S/C18H26N2O/c1-15(20(2)3)14-21-19-18-12-8-7-11-17(18)13-16-9-5-4-6-10-16/h4-6,9-10,12-13,15,19H,7-8,11,14H2,1-3H3. The Kier molecular flexibility index (Phi) is 6.03. The lowest BCUT2D eigenvalue weighted by atomic mass is 9.97. The maximum absolute atomic E-state index is 5.66. The third-order valence-electron chi connectivity index (χ3n) is 3.87. The van der Waals surface area contributed by atoms with Crippen molar-refractivity contribution in [2.24, 2.45) is 0 Å². The quantitative estimate of drug-likeness (QED) is 0.809. The second-order valence-corrected chi connectivity index (χ2v) is 5.82. The van der Waals surface area contributed by atoms with Gasteiger partial charge >= 0.3 is 0 Å². The van der Waals surface area contributed by atoms with Gasteiger partial charge in [0.15, 0.2) is 0 Å². The number of allylic oxidation sites excluding steroid dienone is 2. The molecule has 0 aliphatic heterocycles. The Balaban J connectivity index is 1.96. The summed E-state index contributed by atoms with van der Waals surface area (Å²) < 4.78 is 0. The summed E-state index contributed by atoms with van der Waals surface area (Å²) in [6.45, 7) is 2.82. The van der Waals surface area contributed by atoms with Crippen molar-refractivity contribution in [1.82, 2.24) is 10.4 Å². The minimum Gasteiger partial charge on any atom is -0.304 e. The van der Waals surface area contributed by atoms with Crippen LogP contribution in [0.25, 0.3) is 6.08 Å². The average molecular weight is 286 g/mol. The first-order valence-corrected chi connectivity index (χ1v) is 7.67. The van der Waals surface area contributed by atoms with Gasteiger partial charge in [0.25, 0.3) is 0 Å². The fourth-order valence-electron chi connectivity index (χ4n) is 2.20. The highest BCUT2D eigenvalue weighted by atomic mass is 16.6. The van der Waals surface area contributed by atoms with E-state index < -0.39 is 0 Å². The van der Waals surface area contributed by atoms with Gasteiger partial charge in [0.2, 0.25) is 0 Å². The van der Waals surface area contributed by atoms with Crippen molar-refractivity contribution in [1.29, 1.82) is 0 Å². The van der Waals surface area contributed by atoms with Gasteiger partial charge < -0.3 is 4.90 Å². The summed E-state index contributed by atoms with van der Waals surface area (Å²) in [6.07, 6.45) is 7.90. The molecule has 0 heterocycles. The lowest BCUT2D eigenvalue weighted by molar-refractivity contribution is 0.0299. The van der Waals surface area contributed by atoms with Crippen LogP contribution in [0, 0.1) is 0 Å². The molecule has 1 N–H and O–H groups in total. The molecule has 0 spiro atoms. The van der Waals surface area contributed by atoms with Gasteiger partial charge in [-0.3, -0.25) is 10.3 Å². The fraction of sp³-hybridized carbons (Fsp3) is 0.444. The van der Waals surface area contributed by atoms with Gasteiger partial charge in [-0.15, -0.1) is 0 Å². The highest BCUT2D eigenvalue weighted by molar-refractivity contribution is 5.58. The SMILES string of the molecule is CC(CONC1=CCCCC1=Cc1ccccc1)N(C)C.